The molecule has 1 aromatic heterocycles. The lowest BCUT2D eigenvalue weighted by Gasteiger charge is -2.13. The predicted molar refractivity (Wildman–Crippen MR) is 134 cm³/mol. The van der Waals surface area contributed by atoms with Gasteiger partial charge in [0.25, 0.3) is 0 Å². The summed E-state index contributed by atoms with van der Waals surface area (Å²) >= 11 is 0. The van der Waals surface area contributed by atoms with Gasteiger partial charge in [-0.05, 0) is 56.6 Å². The first kappa shape index (κ1) is 21.9. The van der Waals surface area contributed by atoms with Crippen molar-refractivity contribution < 1.29 is 4.79 Å². The summed E-state index contributed by atoms with van der Waals surface area (Å²) < 4.78 is 0. The molecule has 1 amide bonds. The van der Waals surface area contributed by atoms with Crippen molar-refractivity contribution >= 4 is 45.9 Å². The molecule has 3 aromatic carbocycles. The summed E-state index contributed by atoms with van der Waals surface area (Å²) in [5.74, 6) is 1.07. The minimum atomic E-state index is -0.0933. The molecule has 0 aliphatic rings. The van der Waals surface area contributed by atoms with Crippen molar-refractivity contribution in [2.24, 2.45) is 0 Å². The fraction of sp³-hybridized carbons (Fsp3) is 0.120. The van der Waals surface area contributed by atoms with Crippen molar-refractivity contribution in [3.05, 3.63) is 72.3 Å². The molecule has 0 bridgehead atoms. The monoisotopic (exact) mass is 439 g/mol. The number of amides is 1. The van der Waals surface area contributed by atoms with Gasteiger partial charge in [-0.1, -0.05) is 24.3 Å². The summed E-state index contributed by atoms with van der Waals surface area (Å²) in [4.78, 5) is 23.5. The molecular weight excluding hydrogens is 414 g/mol. The molecule has 0 fully saturated rings. The van der Waals surface area contributed by atoms with Crippen LogP contribution < -0.4 is 16.4 Å². The number of nitrogens with zero attached hydrogens (tertiary/aromatic N) is 3. The molecule has 8 nitrogen and oxygen atoms in total. The highest BCUT2D eigenvalue weighted by molar-refractivity contribution is 5.95. The molecule has 4 aromatic rings. The second kappa shape index (κ2) is 9.46. The summed E-state index contributed by atoms with van der Waals surface area (Å²) in [6.45, 7) is 0.296. The Balaban J connectivity index is 1.72. The number of likely N-dealkylation sites (N-methyl/N-ethyl adjacent to an activating group) is 1. The highest BCUT2D eigenvalue weighted by Crippen LogP contribution is 2.29. The Kier molecular flexibility index (Phi) is 6.28. The minimum Gasteiger partial charge on any atom is -0.398 e. The number of rotatable bonds is 7. The quantitative estimate of drug-likeness (QED) is 0.254. The van der Waals surface area contributed by atoms with Crippen molar-refractivity contribution in [2.45, 2.75) is 0 Å². The van der Waals surface area contributed by atoms with Crippen LogP contribution in [0.15, 0.2) is 66.7 Å². The van der Waals surface area contributed by atoms with Gasteiger partial charge in [0.15, 0.2) is 5.82 Å². The number of anilines is 4. The predicted octanol–water partition coefficient (Wildman–Crippen LogP) is 4.12. The molecule has 0 saturated heterocycles. The topological polar surface area (TPSA) is 120 Å². The van der Waals surface area contributed by atoms with Gasteiger partial charge in [0.1, 0.15) is 5.82 Å². The van der Waals surface area contributed by atoms with E-state index in [0.29, 0.717) is 35.1 Å². The maximum atomic E-state index is 12.2. The van der Waals surface area contributed by atoms with Crippen LogP contribution in [0.2, 0.25) is 0 Å². The van der Waals surface area contributed by atoms with E-state index in [1.54, 1.807) is 12.1 Å². The van der Waals surface area contributed by atoms with E-state index in [0.717, 1.165) is 22.2 Å². The fourth-order valence-corrected chi connectivity index (χ4v) is 3.44. The number of para-hydroxylation sites is 1. The van der Waals surface area contributed by atoms with Gasteiger partial charge in [-0.3, -0.25) is 4.79 Å². The Labute approximate surface area is 192 Å². The number of nitrogen functional groups attached to an aromatic ring is 1. The molecule has 0 atom stereocenters. The van der Waals surface area contributed by atoms with Crippen LogP contribution in [0.25, 0.3) is 22.3 Å². The molecular formula is C25H25N7O. The third-order valence-corrected chi connectivity index (χ3v) is 4.97. The molecule has 0 unspecified atom stereocenters. The van der Waals surface area contributed by atoms with Gasteiger partial charge in [0.2, 0.25) is 5.91 Å². The number of hydrogen-bond donors (Lipinski definition) is 4. The number of fused-ring (bicyclic) bond motifs is 1. The average Bonchev–Trinajstić information content (AvgIpc) is 2.79. The van der Waals surface area contributed by atoms with Gasteiger partial charge in [-0.15, -0.1) is 0 Å². The first-order chi connectivity index (χ1) is 15.9. The fourth-order valence-electron chi connectivity index (χ4n) is 3.44. The van der Waals surface area contributed by atoms with Crippen LogP contribution in [0.4, 0.5) is 22.9 Å². The van der Waals surface area contributed by atoms with E-state index in [-0.39, 0.29) is 5.91 Å². The third-order valence-electron chi connectivity index (χ3n) is 4.97. The lowest BCUT2D eigenvalue weighted by atomic mass is 10.1. The summed E-state index contributed by atoms with van der Waals surface area (Å²) in [5.41, 5.74) is 10.1. The van der Waals surface area contributed by atoms with Crippen molar-refractivity contribution in [3.63, 3.8) is 0 Å². The Morgan fingerprint density at radius 3 is 2.64 bits per heavy atom. The molecule has 8 heteroatoms. The highest BCUT2D eigenvalue weighted by Gasteiger charge is 2.12. The molecule has 5 N–H and O–H groups in total. The zero-order valence-corrected chi connectivity index (χ0v) is 18.5. The van der Waals surface area contributed by atoms with E-state index >= 15 is 0 Å². The number of carbonyl (C=O) groups is 1. The Morgan fingerprint density at radius 1 is 1.03 bits per heavy atom. The van der Waals surface area contributed by atoms with Crippen LogP contribution in [-0.4, -0.2) is 47.6 Å². The molecule has 0 aliphatic carbocycles. The smallest absolute Gasteiger partial charge is 0.238 e. The van der Waals surface area contributed by atoms with E-state index in [2.05, 4.69) is 10.6 Å². The number of aromatic nitrogens is 2. The van der Waals surface area contributed by atoms with Crippen LogP contribution in [0.3, 0.4) is 0 Å². The summed E-state index contributed by atoms with van der Waals surface area (Å²) in [6.07, 6.45) is 1.22. The van der Waals surface area contributed by atoms with Gasteiger partial charge in [0.05, 0.1) is 12.1 Å². The van der Waals surface area contributed by atoms with Crippen molar-refractivity contribution in [1.29, 1.82) is 5.41 Å². The maximum absolute atomic E-state index is 12.2. The highest BCUT2D eigenvalue weighted by atomic mass is 16.2. The average molecular weight is 440 g/mol. The number of benzene rings is 3. The van der Waals surface area contributed by atoms with Crippen LogP contribution in [-0.2, 0) is 4.79 Å². The molecule has 1 heterocycles. The zero-order chi connectivity index (χ0) is 23.4. The van der Waals surface area contributed by atoms with Crippen LogP contribution in [0.1, 0.15) is 5.56 Å². The third kappa shape index (κ3) is 5.13. The van der Waals surface area contributed by atoms with E-state index in [9.17, 15) is 4.79 Å². The van der Waals surface area contributed by atoms with Gasteiger partial charge in [-0.25, -0.2) is 9.97 Å². The van der Waals surface area contributed by atoms with E-state index in [4.69, 9.17) is 21.1 Å². The van der Waals surface area contributed by atoms with Gasteiger partial charge >= 0.3 is 0 Å². The minimum absolute atomic E-state index is 0.0933. The Hall–Kier alpha value is -4.30. The second-order valence-electron chi connectivity index (χ2n) is 7.89. The number of nitrogens with one attached hydrogen (secondary N) is 3. The van der Waals surface area contributed by atoms with E-state index in [1.807, 2.05) is 73.6 Å². The van der Waals surface area contributed by atoms with Crippen molar-refractivity contribution in [3.8, 4) is 11.4 Å². The molecule has 0 aliphatic heterocycles. The standard InChI is InChI=1S/C25H25N7O/c1-32(2)15-23(33)28-18-7-5-6-16(12-18)24-30-22-9-4-3-8-20(22)25(31-24)29-19-10-11-21(27)17(13-19)14-26/h3-14,26H,15,27H2,1-2H3,(H,28,33)(H,29,30,31). The Morgan fingerprint density at radius 2 is 1.85 bits per heavy atom. The molecule has 0 saturated carbocycles. The molecule has 0 radical (unpaired) electrons. The zero-order valence-electron chi connectivity index (χ0n) is 18.5. The lowest BCUT2D eigenvalue weighted by Crippen LogP contribution is -2.27. The van der Waals surface area contributed by atoms with E-state index < -0.39 is 0 Å². The lowest BCUT2D eigenvalue weighted by molar-refractivity contribution is -0.116. The van der Waals surface area contributed by atoms with Crippen LogP contribution >= 0.6 is 0 Å². The number of nitrogens with two attached hydrogens (primary N) is 1. The number of carbonyl (C=O) groups excluding carboxylic acids is 1. The van der Waals surface area contributed by atoms with Crippen LogP contribution in [0, 0.1) is 5.41 Å². The van der Waals surface area contributed by atoms with Crippen molar-refractivity contribution in [1.82, 2.24) is 14.9 Å². The van der Waals surface area contributed by atoms with Gasteiger partial charge in [0, 0.05) is 39.8 Å². The van der Waals surface area contributed by atoms with Crippen molar-refractivity contribution in [2.75, 3.05) is 37.0 Å². The summed E-state index contributed by atoms with van der Waals surface area (Å²) in [7, 11) is 3.69. The van der Waals surface area contributed by atoms with Gasteiger partial charge in [-0.2, -0.15) is 0 Å². The second-order valence-corrected chi connectivity index (χ2v) is 7.89. The van der Waals surface area contributed by atoms with Gasteiger partial charge < -0.3 is 26.7 Å². The summed E-state index contributed by atoms with van der Waals surface area (Å²) in [6, 6.07) is 20.6. The summed E-state index contributed by atoms with van der Waals surface area (Å²) in [5, 5.41) is 14.7. The SMILES string of the molecule is CN(C)CC(=O)Nc1cccc(-c2nc(Nc3ccc(N)c(C=N)c3)c3ccccc3n2)c1. The van der Waals surface area contributed by atoms with E-state index in [1.165, 1.54) is 6.21 Å². The normalized spacial score (nSPS) is 10.9. The van der Waals surface area contributed by atoms with Crippen LogP contribution in [0.5, 0.6) is 0 Å². The molecule has 33 heavy (non-hydrogen) atoms. The first-order valence-electron chi connectivity index (χ1n) is 10.4. The molecule has 166 valence electrons. The largest absolute Gasteiger partial charge is 0.398 e. The number of hydrogen-bond acceptors (Lipinski definition) is 7. The molecule has 4 rings (SSSR count). The Bertz CT molecular complexity index is 1330. The maximum Gasteiger partial charge on any atom is 0.238 e. The first-order valence-corrected chi connectivity index (χ1v) is 10.4. The molecule has 0 spiro atoms.